The third-order valence-electron chi connectivity index (χ3n) is 3.50. The number of nitrogens with two attached hydrogens (primary N) is 1. The number of nitrogens with one attached hydrogen (secondary N) is 1. The zero-order valence-electron chi connectivity index (χ0n) is 9.92. The zero-order chi connectivity index (χ0) is 12.5. The number of hydrogen-bond acceptors (Lipinski definition) is 2. The van der Waals surface area contributed by atoms with Gasteiger partial charge in [-0.05, 0) is 36.5 Å². The minimum Gasteiger partial charge on any atom is -0.396 e. The molecule has 0 atom stereocenters. The summed E-state index contributed by atoms with van der Waals surface area (Å²) in [6.45, 7) is 2.80. The number of anilines is 1. The molecular weight excluding hydrogens is 219 g/mol. The molecule has 1 aliphatic carbocycles. The number of amides is 1. The molecule has 17 heavy (non-hydrogen) atoms. The normalized spacial score (nSPS) is 17.3. The van der Waals surface area contributed by atoms with Crippen molar-refractivity contribution in [3.05, 3.63) is 29.6 Å². The first kappa shape index (κ1) is 11.9. The Morgan fingerprint density at radius 1 is 1.53 bits per heavy atom. The number of rotatable bonds is 3. The molecule has 4 heteroatoms. The summed E-state index contributed by atoms with van der Waals surface area (Å²) in [4.78, 5) is 11.8. The van der Waals surface area contributed by atoms with E-state index in [1.54, 1.807) is 0 Å². The molecule has 0 aliphatic heterocycles. The highest BCUT2D eigenvalue weighted by molar-refractivity contribution is 5.94. The molecule has 1 fully saturated rings. The van der Waals surface area contributed by atoms with Crippen molar-refractivity contribution in [2.75, 3.05) is 12.3 Å². The Morgan fingerprint density at radius 3 is 2.76 bits per heavy atom. The Balaban J connectivity index is 1.97. The van der Waals surface area contributed by atoms with Gasteiger partial charge in [0, 0.05) is 12.1 Å². The van der Waals surface area contributed by atoms with Crippen LogP contribution in [0, 0.1) is 11.2 Å². The van der Waals surface area contributed by atoms with E-state index in [4.69, 9.17) is 5.73 Å². The maximum atomic E-state index is 13.2. The smallest absolute Gasteiger partial charge is 0.251 e. The fourth-order valence-electron chi connectivity index (χ4n) is 2.02. The van der Waals surface area contributed by atoms with Gasteiger partial charge < -0.3 is 11.1 Å². The largest absolute Gasteiger partial charge is 0.396 e. The van der Waals surface area contributed by atoms with Gasteiger partial charge in [-0.1, -0.05) is 13.3 Å². The molecule has 0 bridgehead atoms. The Labute approximate surface area is 100 Å². The van der Waals surface area contributed by atoms with Crippen LogP contribution in [-0.2, 0) is 0 Å². The molecule has 0 heterocycles. The van der Waals surface area contributed by atoms with Crippen LogP contribution in [0.15, 0.2) is 18.2 Å². The van der Waals surface area contributed by atoms with E-state index in [0.717, 1.165) is 12.8 Å². The first-order valence-corrected chi connectivity index (χ1v) is 5.83. The van der Waals surface area contributed by atoms with Crippen molar-refractivity contribution < 1.29 is 9.18 Å². The number of benzene rings is 1. The fraction of sp³-hybridized carbons (Fsp3) is 0.462. The summed E-state index contributed by atoms with van der Waals surface area (Å²) in [5, 5.41) is 2.84. The van der Waals surface area contributed by atoms with E-state index in [-0.39, 0.29) is 17.0 Å². The highest BCUT2D eigenvalue weighted by Gasteiger charge is 2.31. The fourth-order valence-corrected chi connectivity index (χ4v) is 2.02. The minimum absolute atomic E-state index is 0.0625. The molecule has 1 aromatic rings. The van der Waals surface area contributed by atoms with Gasteiger partial charge in [0.1, 0.15) is 5.82 Å². The van der Waals surface area contributed by atoms with Crippen LogP contribution >= 0.6 is 0 Å². The van der Waals surface area contributed by atoms with Crippen molar-refractivity contribution >= 4 is 11.6 Å². The quantitative estimate of drug-likeness (QED) is 0.791. The summed E-state index contributed by atoms with van der Waals surface area (Å²) >= 11 is 0. The van der Waals surface area contributed by atoms with Gasteiger partial charge in [-0.15, -0.1) is 0 Å². The number of carbonyl (C=O) groups excluding carboxylic acids is 1. The van der Waals surface area contributed by atoms with Gasteiger partial charge in [-0.25, -0.2) is 4.39 Å². The van der Waals surface area contributed by atoms with Crippen LogP contribution in [0.25, 0.3) is 0 Å². The second-order valence-corrected chi connectivity index (χ2v) is 5.08. The summed E-state index contributed by atoms with van der Waals surface area (Å²) in [6, 6.07) is 4.12. The molecule has 3 nitrogen and oxygen atoms in total. The Bertz CT molecular complexity index is 441. The van der Waals surface area contributed by atoms with Gasteiger partial charge in [-0.2, -0.15) is 0 Å². The molecule has 3 N–H and O–H groups in total. The van der Waals surface area contributed by atoms with Crippen LogP contribution in [0.1, 0.15) is 36.5 Å². The third-order valence-corrected chi connectivity index (χ3v) is 3.50. The van der Waals surface area contributed by atoms with Crippen molar-refractivity contribution in [3.63, 3.8) is 0 Å². The van der Waals surface area contributed by atoms with Crippen molar-refractivity contribution in [2.24, 2.45) is 5.41 Å². The summed E-state index contributed by atoms with van der Waals surface area (Å²) < 4.78 is 13.2. The summed E-state index contributed by atoms with van der Waals surface area (Å²) in [6.07, 6.45) is 3.51. The van der Waals surface area contributed by atoms with Gasteiger partial charge in [0.15, 0.2) is 0 Å². The molecule has 1 aliphatic rings. The third kappa shape index (κ3) is 2.57. The average Bonchev–Trinajstić information content (AvgIpc) is 2.27. The molecule has 0 aromatic heterocycles. The zero-order valence-corrected chi connectivity index (χ0v) is 9.92. The van der Waals surface area contributed by atoms with E-state index in [1.165, 1.54) is 24.6 Å². The topological polar surface area (TPSA) is 55.1 Å². The van der Waals surface area contributed by atoms with Gasteiger partial charge in [0.25, 0.3) is 5.91 Å². The first-order chi connectivity index (χ1) is 8.00. The first-order valence-electron chi connectivity index (χ1n) is 5.83. The minimum atomic E-state index is -0.549. The van der Waals surface area contributed by atoms with E-state index in [0.29, 0.717) is 12.1 Å². The lowest BCUT2D eigenvalue weighted by Gasteiger charge is -2.38. The van der Waals surface area contributed by atoms with E-state index in [9.17, 15) is 9.18 Å². The molecule has 1 saturated carbocycles. The van der Waals surface area contributed by atoms with Gasteiger partial charge in [-0.3, -0.25) is 4.79 Å². The van der Waals surface area contributed by atoms with E-state index >= 15 is 0 Å². The van der Waals surface area contributed by atoms with Crippen LogP contribution < -0.4 is 11.1 Å². The van der Waals surface area contributed by atoms with Crippen LogP contribution in [0.4, 0.5) is 10.1 Å². The van der Waals surface area contributed by atoms with Gasteiger partial charge >= 0.3 is 0 Å². The maximum Gasteiger partial charge on any atom is 0.251 e. The summed E-state index contributed by atoms with van der Waals surface area (Å²) in [5.74, 6) is -0.787. The van der Waals surface area contributed by atoms with Crippen molar-refractivity contribution in [1.82, 2.24) is 5.32 Å². The van der Waals surface area contributed by atoms with Crippen LogP contribution in [-0.4, -0.2) is 12.5 Å². The predicted octanol–water partition coefficient (Wildman–Crippen LogP) is 2.33. The van der Waals surface area contributed by atoms with E-state index in [2.05, 4.69) is 12.2 Å². The molecule has 0 spiro atoms. The van der Waals surface area contributed by atoms with Gasteiger partial charge in [0.2, 0.25) is 0 Å². The van der Waals surface area contributed by atoms with E-state index in [1.807, 2.05) is 0 Å². The molecule has 2 rings (SSSR count). The van der Waals surface area contributed by atoms with Crippen molar-refractivity contribution in [1.29, 1.82) is 0 Å². The summed E-state index contributed by atoms with van der Waals surface area (Å²) in [5.41, 5.74) is 5.96. The second-order valence-electron chi connectivity index (χ2n) is 5.08. The standard InChI is InChI=1S/C13H17FN2O/c1-13(5-2-6-13)8-16-12(17)9-3-4-11(15)10(14)7-9/h3-4,7H,2,5-6,8,15H2,1H3,(H,16,17). The van der Waals surface area contributed by atoms with Crippen molar-refractivity contribution in [3.8, 4) is 0 Å². The molecular formula is C13H17FN2O. The molecule has 1 amide bonds. The number of carbonyl (C=O) groups is 1. The molecule has 0 saturated heterocycles. The number of hydrogen-bond donors (Lipinski definition) is 2. The highest BCUT2D eigenvalue weighted by atomic mass is 19.1. The molecule has 1 aromatic carbocycles. The predicted molar refractivity (Wildman–Crippen MR) is 65.1 cm³/mol. The molecule has 92 valence electrons. The Hall–Kier alpha value is -1.58. The lowest BCUT2D eigenvalue weighted by Crippen LogP contribution is -2.39. The maximum absolute atomic E-state index is 13.2. The Kier molecular flexibility index (Phi) is 3.05. The monoisotopic (exact) mass is 236 g/mol. The average molecular weight is 236 g/mol. The van der Waals surface area contributed by atoms with Crippen molar-refractivity contribution in [2.45, 2.75) is 26.2 Å². The van der Waals surface area contributed by atoms with Crippen LogP contribution in [0.3, 0.4) is 0 Å². The Morgan fingerprint density at radius 2 is 2.24 bits per heavy atom. The van der Waals surface area contributed by atoms with Crippen LogP contribution in [0.5, 0.6) is 0 Å². The molecule has 0 unspecified atom stereocenters. The second kappa shape index (κ2) is 4.35. The molecule has 0 radical (unpaired) electrons. The summed E-state index contributed by atoms with van der Waals surface area (Å²) in [7, 11) is 0. The number of nitrogen functional groups attached to an aromatic ring is 1. The SMILES string of the molecule is CC1(CNC(=O)c2ccc(N)c(F)c2)CCC1. The highest BCUT2D eigenvalue weighted by Crippen LogP contribution is 2.39. The van der Waals surface area contributed by atoms with Crippen LogP contribution in [0.2, 0.25) is 0 Å². The van der Waals surface area contributed by atoms with E-state index < -0.39 is 5.82 Å². The lowest BCUT2D eigenvalue weighted by atomic mass is 9.70. The van der Waals surface area contributed by atoms with Gasteiger partial charge in [0.05, 0.1) is 5.69 Å². The number of halogens is 1. The lowest BCUT2D eigenvalue weighted by molar-refractivity contribution is 0.0890.